The molecule has 0 aromatic heterocycles. The van der Waals surface area contributed by atoms with E-state index in [9.17, 15) is 4.39 Å². The zero-order chi connectivity index (χ0) is 11.8. The zero-order valence-electron chi connectivity index (χ0n) is 9.37. The first-order valence-electron chi connectivity index (χ1n) is 5.40. The van der Waals surface area contributed by atoms with Gasteiger partial charge in [-0.1, -0.05) is 30.0 Å². The van der Waals surface area contributed by atoms with Crippen LogP contribution in [0.2, 0.25) is 0 Å². The van der Waals surface area contributed by atoms with Gasteiger partial charge in [-0.25, -0.2) is 4.39 Å². The van der Waals surface area contributed by atoms with Gasteiger partial charge >= 0.3 is 0 Å². The number of halogens is 1. The molecular weight excluding hydrogens is 251 g/mol. The van der Waals surface area contributed by atoms with Crippen LogP contribution in [0.4, 0.5) is 4.39 Å². The predicted molar refractivity (Wildman–Crippen MR) is 71.6 cm³/mol. The van der Waals surface area contributed by atoms with Crippen LogP contribution in [0.5, 0.6) is 0 Å². The van der Waals surface area contributed by atoms with E-state index in [0.717, 1.165) is 16.9 Å². The molecule has 0 bridgehead atoms. The minimum absolute atomic E-state index is 0.101. The van der Waals surface area contributed by atoms with E-state index in [0.29, 0.717) is 0 Å². The second-order valence-corrected chi connectivity index (χ2v) is 5.84. The highest BCUT2D eigenvalue weighted by molar-refractivity contribution is 8.00. The molecule has 0 aliphatic carbocycles. The number of fused-ring (bicyclic) bond motifs is 2. The highest BCUT2D eigenvalue weighted by Gasteiger charge is 2.20. The molecule has 0 spiro atoms. The molecule has 0 saturated heterocycles. The number of hydrogen-bond acceptors (Lipinski definition) is 2. The van der Waals surface area contributed by atoms with Crippen LogP contribution in [0.25, 0.3) is 0 Å². The molecule has 0 nitrogen and oxygen atoms in total. The van der Waals surface area contributed by atoms with Crippen molar-refractivity contribution >= 4 is 23.5 Å². The first kappa shape index (κ1) is 11.2. The SMILES string of the molecule is CSc1c(F)ccc2c1Cc1ccccc1S2. The Morgan fingerprint density at radius 1 is 1.12 bits per heavy atom. The molecule has 0 atom stereocenters. The molecule has 2 aromatic carbocycles. The van der Waals surface area contributed by atoms with Gasteiger partial charge in [-0.3, -0.25) is 0 Å². The molecule has 3 rings (SSSR count). The Labute approximate surface area is 109 Å². The van der Waals surface area contributed by atoms with E-state index in [1.54, 1.807) is 17.8 Å². The second-order valence-electron chi connectivity index (χ2n) is 3.94. The third-order valence-electron chi connectivity index (χ3n) is 2.93. The normalized spacial score (nSPS) is 13.1. The molecule has 0 radical (unpaired) electrons. The summed E-state index contributed by atoms with van der Waals surface area (Å²) in [5.74, 6) is -0.101. The number of benzene rings is 2. The summed E-state index contributed by atoms with van der Waals surface area (Å²) in [6, 6.07) is 11.8. The summed E-state index contributed by atoms with van der Waals surface area (Å²) in [5.41, 5.74) is 2.44. The molecule has 0 amide bonds. The molecule has 0 fully saturated rings. The van der Waals surface area contributed by atoms with Crippen LogP contribution in [-0.2, 0) is 6.42 Å². The molecule has 1 aliphatic rings. The van der Waals surface area contributed by atoms with Crippen LogP contribution >= 0.6 is 23.5 Å². The maximum atomic E-state index is 13.7. The van der Waals surface area contributed by atoms with Gasteiger partial charge in [0.05, 0.1) is 0 Å². The first-order chi connectivity index (χ1) is 8.29. The lowest BCUT2D eigenvalue weighted by molar-refractivity contribution is 0.595. The molecule has 0 unspecified atom stereocenters. The Morgan fingerprint density at radius 2 is 1.94 bits per heavy atom. The van der Waals surface area contributed by atoms with Crippen LogP contribution in [0.1, 0.15) is 11.1 Å². The minimum atomic E-state index is -0.101. The fourth-order valence-corrected chi connectivity index (χ4v) is 3.97. The summed E-state index contributed by atoms with van der Waals surface area (Å²) in [6.45, 7) is 0. The van der Waals surface area contributed by atoms with Gasteiger partial charge in [-0.15, -0.1) is 11.8 Å². The fourth-order valence-electron chi connectivity index (χ4n) is 2.12. The molecule has 86 valence electrons. The Hall–Kier alpha value is -0.930. The molecule has 3 heteroatoms. The zero-order valence-corrected chi connectivity index (χ0v) is 11.0. The largest absolute Gasteiger partial charge is 0.206 e. The van der Waals surface area contributed by atoms with Crippen molar-refractivity contribution in [2.75, 3.05) is 6.26 Å². The van der Waals surface area contributed by atoms with Crippen LogP contribution in [0, 0.1) is 5.82 Å². The van der Waals surface area contributed by atoms with E-state index in [1.807, 2.05) is 18.4 Å². The van der Waals surface area contributed by atoms with Crippen molar-refractivity contribution < 1.29 is 4.39 Å². The van der Waals surface area contributed by atoms with Crippen molar-refractivity contribution in [3.8, 4) is 0 Å². The first-order valence-corrected chi connectivity index (χ1v) is 7.45. The lowest BCUT2D eigenvalue weighted by Crippen LogP contribution is -2.02. The molecule has 1 aliphatic heterocycles. The maximum absolute atomic E-state index is 13.7. The standard InChI is InChI=1S/C14H11FS2/c1-16-14-10-8-9-4-2-3-5-12(9)17-13(10)7-6-11(14)15/h2-7H,8H2,1H3. The van der Waals surface area contributed by atoms with Gasteiger partial charge in [0.1, 0.15) is 5.82 Å². The second kappa shape index (κ2) is 4.39. The van der Waals surface area contributed by atoms with Crippen molar-refractivity contribution in [2.24, 2.45) is 0 Å². The Bertz CT molecular complexity index is 578. The van der Waals surface area contributed by atoms with E-state index < -0.39 is 0 Å². The summed E-state index contributed by atoms with van der Waals surface area (Å²) in [4.78, 5) is 3.28. The predicted octanol–water partition coefficient (Wildman–Crippen LogP) is 4.60. The monoisotopic (exact) mass is 262 g/mol. The van der Waals surface area contributed by atoms with E-state index in [2.05, 4.69) is 18.2 Å². The van der Waals surface area contributed by atoms with Crippen molar-refractivity contribution in [3.05, 3.63) is 53.3 Å². The van der Waals surface area contributed by atoms with Crippen molar-refractivity contribution in [1.82, 2.24) is 0 Å². The average molecular weight is 262 g/mol. The number of hydrogen-bond donors (Lipinski definition) is 0. The smallest absolute Gasteiger partial charge is 0.137 e. The van der Waals surface area contributed by atoms with Gasteiger partial charge in [0.2, 0.25) is 0 Å². The molecular formula is C14H11FS2. The van der Waals surface area contributed by atoms with Crippen molar-refractivity contribution in [2.45, 2.75) is 21.1 Å². The molecule has 17 heavy (non-hydrogen) atoms. The topological polar surface area (TPSA) is 0 Å². The van der Waals surface area contributed by atoms with Gasteiger partial charge in [-0.05, 0) is 35.6 Å². The maximum Gasteiger partial charge on any atom is 0.137 e. The summed E-state index contributed by atoms with van der Waals surface area (Å²) in [7, 11) is 0. The van der Waals surface area contributed by atoms with E-state index >= 15 is 0 Å². The van der Waals surface area contributed by atoms with Crippen molar-refractivity contribution in [3.63, 3.8) is 0 Å². The van der Waals surface area contributed by atoms with Gasteiger partial charge in [-0.2, -0.15) is 0 Å². The summed E-state index contributed by atoms with van der Waals surface area (Å²) >= 11 is 3.24. The number of thioether (sulfide) groups is 1. The lowest BCUT2D eigenvalue weighted by Gasteiger charge is -2.21. The summed E-state index contributed by atoms with van der Waals surface area (Å²) < 4.78 is 13.7. The fraction of sp³-hybridized carbons (Fsp3) is 0.143. The van der Waals surface area contributed by atoms with Crippen LogP contribution in [0.15, 0.2) is 51.1 Å². The van der Waals surface area contributed by atoms with Crippen LogP contribution in [0.3, 0.4) is 0 Å². The molecule has 0 N–H and O–H groups in total. The van der Waals surface area contributed by atoms with Gasteiger partial charge < -0.3 is 0 Å². The highest BCUT2D eigenvalue weighted by Crippen LogP contribution is 2.43. The third kappa shape index (κ3) is 1.87. The molecule has 2 aromatic rings. The Kier molecular flexibility index (Phi) is 2.89. The van der Waals surface area contributed by atoms with E-state index in [-0.39, 0.29) is 5.82 Å². The van der Waals surface area contributed by atoms with Crippen LogP contribution in [-0.4, -0.2) is 6.26 Å². The third-order valence-corrected chi connectivity index (χ3v) is 5.00. The summed E-state index contributed by atoms with van der Waals surface area (Å²) in [6.07, 6.45) is 2.77. The van der Waals surface area contributed by atoms with Crippen molar-refractivity contribution in [1.29, 1.82) is 0 Å². The van der Waals surface area contributed by atoms with Gasteiger partial charge in [0.15, 0.2) is 0 Å². The van der Waals surface area contributed by atoms with Gasteiger partial charge in [0, 0.05) is 21.1 Å². The Morgan fingerprint density at radius 3 is 2.76 bits per heavy atom. The average Bonchev–Trinajstić information content (AvgIpc) is 2.36. The Balaban J connectivity index is 2.15. The summed E-state index contributed by atoms with van der Waals surface area (Å²) in [5, 5.41) is 0. The van der Waals surface area contributed by atoms with E-state index in [4.69, 9.17) is 0 Å². The van der Waals surface area contributed by atoms with Gasteiger partial charge in [0.25, 0.3) is 0 Å². The molecule has 0 saturated carbocycles. The lowest BCUT2D eigenvalue weighted by atomic mass is 10.0. The highest BCUT2D eigenvalue weighted by atomic mass is 32.2. The quantitative estimate of drug-likeness (QED) is 0.588. The minimum Gasteiger partial charge on any atom is -0.206 e. The number of rotatable bonds is 1. The molecule has 1 heterocycles. The van der Waals surface area contributed by atoms with Crippen LogP contribution < -0.4 is 0 Å². The van der Waals surface area contributed by atoms with E-state index in [1.165, 1.54) is 27.1 Å².